The third kappa shape index (κ3) is 6.08. The molecule has 0 atom stereocenters. The summed E-state index contributed by atoms with van der Waals surface area (Å²) in [5.74, 6) is 0.462. The molecule has 0 aliphatic rings. The van der Waals surface area contributed by atoms with Gasteiger partial charge < -0.3 is 9.47 Å². The average Bonchev–Trinajstić information content (AvgIpc) is 2.67. The van der Waals surface area contributed by atoms with Gasteiger partial charge in [0.1, 0.15) is 5.75 Å². The minimum absolute atomic E-state index is 0.144. The maximum Gasteiger partial charge on any atom is 0.319 e. The lowest BCUT2D eigenvalue weighted by Gasteiger charge is -2.21. The second kappa shape index (κ2) is 10.0. The first-order chi connectivity index (χ1) is 12.6. The SMILES string of the molecule is COC(=O)CN(Cc1ccc(OC)cc1)Cc1cccc(CN=[N+]=[N-])n1. The number of methoxy groups -OCH3 is 2. The molecule has 0 radical (unpaired) electrons. The van der Waals surface area contributed by atoms with Gasteiger partial charge in [0, 0.05) is 23.7 Å². The van der Waals surface area contributed by atoms with E-state index in [1.54, 1.807) is 13.2 Å². The van der Waals surface area contributed by atoms with Crippen LogP contribution in [0.5, 0.6) is 5.75 Å². The molecular weight excluding hydrogens is 334 g/mol. The van der Waals surface area contributed by atoms with Gasteiger partial charge in [-0.1, -0.05) is 23.3 Å². The highest BCUT2D eigenvalue weighted by atomic mass is 16.5. The van der Waals surface area contributed by atoms with Crippen molar-refractivity contribution in [3.8, 4) is 5.75 Å². The van der Waals surface area contributed by atoms with Crippen molar-refractivity contribution in [1.82, 2.24) is 9.88 Å². The highest BCUT2D eigenvalue weighted by Crippen LogP contribution is 2.14. The van der Waals surface area contributed by atoms with Gasteiger partial charge in [0.2, 0.25) is 0 Å². The molecular formula is C18H21N5O3. The van der Waals surface area contributed by atoms with Crippen LogP contribution >= 0.6 is 0 Å². The van der Waals surface area contributed by atoms with Crippen LogP contribution in [0.1, 0.15) is 17.0 Å². The van der Waals surface area contributed by atoms with E-state index in [0.717, 1.165) is 17.0 Å². The van der Waals surface area contributed by atoms with Crippen molar-refractivity contribution in [3.63, 3.8) is 0 Å². The van der Waals surface area contributed by atoms with Crippen LogP contribution in [0.25, 0.3) is 10.4 Å². The van der Waals surface area contributed by atoms with Crippen LogP contribution in [0.15, 0.2) is 47.6 Å². The molecule has 0 amide bonds. The van der Waals surface area contributed by atoms with Gasteiger partial charge in [-0.3, -0.25) is 14.7 Å². The number of aromatic nitrogens is 1. The summed E-state index contributed by atoms with van der Waals surface area (Å²) in [5.41, 5.74) is 10.9. The predicted molar refractivity (Wildman–Crippen MR) is 96.2 cm³/mol. The molecule has 0 aliphatic heterocycles. The third-order valence-corrected chi connectivity index (χ3v) is 3.69. The topological polar surface area (TPSA) is 100 Å². The van der Waals surface area contributed by atoms with Crippen molar-refractivity contribution < 1.29 is 14.3 Å². The second-order valence-electron chi connectivity index (χ2n) is 5.58. The van der Waals surface area contributed by atoms with Crippen LogP contribution in [-0.2, 0) is 29.2 Å². The molecule has 136 valence electrons. The van der Waals surface area contributed by atoms with E-state index < -0.39 is 0 Å². The van der Waals surface area contributed by atoms with E-state index in [4.69, 9.17) is 15.0 Å². The quantitative estimate of drug-likeness (QED) is 0.298. The normalized spacial score (nSPS) is 10.3. The second-order valence-corrected chi connectivity index (χ2v) is 5.58. The Bertz CT molecular complexity index is 773. The van der Waals surface area contributed by atoms with Gasteiger partial charge in [0.15, 0.2) is 0 Å². The monoisotopic (exact) mass is 355 g/mol. The van der Waals surface area contributed by atoms with Gasteiger partial charge in [-0.25, -0.2) is 0 Å². The maximum absolute atomic E-state index is 11.8. The Morgan fingerprint density at radius 2 is 1.88 bits per heavy atom. The molecule has 0 aliphatic carbocycles. The zero-order valence-corrected chi connectivity index (χ0v) is 14.8. The van der Waals surface area contributed by atoms with E-state index in [0.29, 0.717) is 18.8 Å². The summed E-state index contributed by atoms with van der Waals surface area (Å²) in [7, 11) is 2.99. The summed E-state index contributed by atoms with van der Waals surface area (Å²) >= 11 is 0. The molecule has 0 fully saturated rings. The number of carbonyl (C=O) groups is 1. The number of rotatable bonds is 9. The minimum atomic E-state index is -0.316. The largest absolute Gasteiger partial charge is 0.497 e. The van der Waals surface area contributed by atoms with Gasteiger partial charge >= 0.3 is 5.97 Å². The van der Waals surface area contributed by atoms with E-state index in [1.165, 1.54) is 7.11 Å². The molecule has 2 aromatic rings. The minimum Gasteiger partial charge on any atom is -0.497 e. The lowest BCUT2D eigenvalue weighted by atomic mass is 10.2. The number of ether oxygens (including phenoxy) is 2. The standard InChI is InChI=1S/C18H21N5O3/c1-25-17-8-6-14(7-9-17)11-23(13-18(24)26-2)12-16-5-3-4-15(21-16)10-20-22-19/h3-9H,10-13H2,1-2H3. The van der Waals surface area contributed by atoms with Crippen molar-refractivity contribution in [2.45, 2.75) is 19.6 Å². The number of esters is 1. The molecule has 26 heavy (non-hydrogen) atoms. The lowest BCUT2D eigenvalue weighted by molar-refractivity contribution is -0.142. The summed E-state index contributed by atoms with van der Waals surface area (Å²) in [6.07, 6.45) is 0. The van der Waals surface area contributed by atoms with E-state index >= 15 is 0 Å². The summed E-state index contributed by atoms with van der Waals surface area (Å²) in [6, 6.07) is 13.2. The zero-order valence-electron chi connectivity index (χ0n) is 14.8. The summed E-state index contributed by atoms with van der Waals surface area (Å²) in [4.78, 5) is 20.9. The van der Waals surface area contributed by atoms with E-state index in [-0.39, 0.29) is 19.1 Å². The molecule has 8 nitrogen and oxygen atoms in total. The number of pyridine rings is 1. The first-order valence-corrected chi connectivity index (χ1v) is 8.02. The molecule has 1 aromatic carbocycles. The Morgan fingerprint density at radius 1 is 1.15 bits per heavy atom. The summed E-state index contributed by atoms with van der Waals surface area (Å²) in [6.45, 7) is 1.36. The summed E-state index contributed by atoms with van der Waals surface area (Å²) in [5, 5.41) is 3.53. The van der Waals surface area contributed by atoms with Crippen LogP contribution in [0.3, 0.4) is 0 Å². The van der Waals surface area contributed by atoms with Gasteiger partial charge in [-0.2, -0.15) is 0 Å². The summed E-state index contributed by atoms with van der Waals surface area (Å²) < 4.78 is 9.96. The van der Waals surface area contributed by atoms with E-state index in [2.05, 4.69) is 15.0 Å². The predicted octanol–water partition coefficient (Wildman–Crippen LogP) is 3.08. The van der Waals surface area contributed by atoms with Crippen LogP contribution < -0.4 is 4.74 Å². The number of azide groups is 1. The highest BCUT2D eigenvalue weighted by molar-refractivity contribution is 5.71. The van der Waals surface area contributed by atoms with Crippen molar-refractivity contribution in [3.05, 3.63) is 69.9 Å². The number of hydrogen-bond donors (Lipinski definition) is 0. The van der Waals surface area contributed by atoms with Crippen molar-refractivity contribution in [1.29, 1.82) is 0 Å². The lowest BCUT2D eigenvalue weighted by Crippen LogP contribution is -2.30. The number of nitrogens with zero attached hydrogens (tertiary/aromatic N) is 5. The van der Waals surface area contributed by atoms with Crippen LogP contribution in [0.2, 0.25) is 0 Å². The fraction of sp³-hybridized carbons (Fsp3) is 0.333. The first kappa shape index (κ1) is 19.2. The molecule has 8 heteroatoms. The van der Waals surface area contributed by atoms with Gasteiger partial charge in [0.05, 0.1) is 33.0 Å². The Hall–Kier alpha value is -3.09. The van der Waals surface area contributed by atoms with Crippen LogP contribution in [-0.4, -0.2) is 36.6 Å². The molecule has 1 aromatic heterocycles. The molecule has 0 spiro atoms. The Morgan fingerprint density at radius 3 is 2.54 bits per heavy atom. The van der Waals surface area contributed by atoms with Gasteiger partial charge in [-0.15, -0.1) is 0 Å². The Kier molecular flexibility index (Phi) is 7.42. The smallest absolute Gasteiger partial charge is 0.319 e. The van der Waals surface area contributed by atoms with Gasteiger partial charge in [0.25, 0.3) is 0 Å². The molecule has 1 heterocycles. The van der Waals surface area contributed by atoms with E-state index in [9.17, 15) is 4.79 Å². The van der Waals surface area contributed by atoms with Crippen molar-refractivity contribution in [2.75, 3.05) is 20.8 Å². The highest BCUT2D eigenvalue weighted by Gasteiger charge is 2.13. The fourth-order valence-corrected chi connectivity index (χ4v) is 2.44. The Labute approximate surface area is 152 Å². The maximum atomic E-state index is 11.8. The molecule has 0 N–H and O–H groups in total. The molecule has 0 bridgehead atoms. The third-order valence-electron chi connectivity index (χ3n) is 3.69. The number of carbonyl (C=O) groups excluding carboxylic acids is 1. The molecule has 0 saturated heterocycles. The van der Waals surface area contributed by atoms with Crippen LogP contribution in [0.4, 0.5) is 0 Å². The van der Waals surface area contributed by atoms with Crippen LogP contribution in [0, 0.1) is 0 Å². The zero-order chi connectivity index (χ0) is 18.8. The number of hydrogen-bond acceptors (Lipinski definition) is 6. The van der Waals surface area contributed by atoms with Crippen molar-refractivity contribution in [2.24, 2.45) is 5.11 Å². The van der Waals surface area contributed by atoms with Crippen molar-refractivity contribution >= 4 is 5.97 Å². The van der Waals surface area contributed by atoms with Gasteiger partial charge in [-0.05, 0) is 35.4 Å². The Balaban J connectivity index is 2.13. The fourth-order valence-electron chi connectivity index (χ4n) is 2.44. The average molecular weight is 355 g/mol. The first-order valence-electron chi connectivity index (χ1n) is 8.02. The molecule has 0 unspecified atom stereocenters. The number of benzene rings is 1. The molecule has 2 rings (SSSR count). The molecule has 0 saturated carbocycles. The van der Waals surface area contributed by atoms with E-state index in [1.807, 2.05) is 41.3 Å².